The van der Waals surface area contributed by atoms with E-state index in [4.69, 9.17) is 4.74 Å². The first-order valence-corrected chi connectivity index (χ1v) is 7.23. The minimum Gasteiger partial charge on any atom is -0.465 e. The van der Waals surface area contributed by atoms with Crippen molar-refractivity contribution < 1.29 is 9.53 Å². The maximum Gasteiger partial charge on any atom is 0.350 e. The van der Waals surface area contributed by atoms with Crippen LogP contribution in [0.5, 0.6) is 0 Å². The van der Waals surface area contributed by atoms with Gasteiger partial charge in [0, 0.05) is 6.20 Å². The van der Waals surface area contributed by atoms with E-state index < -0.39 is 0 Å². The zero-order chi connectivity index (χ0) is 13.4. The molecule has 3 aromatic heterocycles. The summed E-state index contributed by atoms with van der Waals surface area (Å²) >= 11 is 3.26. The molecular formula is C12H8IN3O2S. The van der Waals surface area contributed by atoms with Gasteiger partial charge < -0.3 is 4.74 Å². The molecule has 0 aromatic carbocycles. The molecule has 0 saturated carbocycles. The molecule has 19 heavy (non-hydrogen) atoms. The molecule has 0 atom stereocenters. The van der Waals surface area contributed by atoms with Crippen molar-refractivity contribution in [3.05, 3.63) is 39.0 Å². The SMILES string of the molecule is COC(=O)c1snc(-c2cnc3ccccn23)c1I. The largest absolute Gasteiger partial charge is 0.465 e. The van der Waals surface area contributed by atoms with Crippen LogP contribution in [0, 0.1) is 3.57 Å². The molecule has 0 aliphatic carbocycles. The lowest BCUT2D eigenvalue weighted by atomic mass is 10.3. The highest BCUT2D eigenvalue weighted by Gasteiger charge is 2.21. The summed E-state index contributed by atoms with van der Waals surface area (Å²) in [7, 11) is 1.37. The van der Waals surface area contributed by atoms with Gasteiger partial charge in [-0.1, -0.05) is 6.07 Å². The average molecular weight is 385 g/mol. The van der Waals surface area contributed by atoms with E-state index in [1.54, 1.807) is 6.20 Å². The van der Waals surface area contributed by atoms with Crippen molar-refractivity contribution in [1.29, 1.82) is 0 Å². The molecule has 3 aromatic rings. The lowest BCUT2D eigenvalue weighted by Gasteiger charge is -1.99. The number of hydrogen-bond acceptors (Lipinski definition) is 5. The Hall–Kier alpha value is -1.48. The van der Waals surface area contributed by atoms with E-state index in [-0.39, 0.29) is 5.97 Å². The molecular weight excluding hydrogens is 377 g/mol. The molecule has 0 spiro atoms. The number of imidazole rings is 1. The second-order valence-corrected chi connectivity index (χ2v) is 5.59. The van der Waals surface area contributed by atoms with Crippen LogP contribution in [0.1, 0.15) is 9.67 Å². The number of rotatable bonds is 2. The molecule has 0 fully saturated rings. The van der Waals surface area contributed by atoms with Gasteiger partial charge in [0.15, 0.2) is 0 Å². The van der Waals surface area contributed by atoms with Crippen molar-refractivity contribution in [1.82, 2.24) is 13.8 Å². The third-order valence-electron chi connectivity index (χ3n) is 2.67. The molecule has 7 heteroatoms. The van der Waals surface area contributed by atoms with Crippen molar-refractivity contribution in [3.8, 4) is 11.4 Å². The quantitative estimate of drug-likeness (QED) is 0.503. The number of aromatic nitrogens is 3. The van der Waals surface area contributed by atoms with Gasteiger partial charge in [-0.05, 0) is 46.3 Å². The van der Waals surface area contributed by atoms with Gasteiger partial charge in [0.2, 0.25) is 0 Å². The minimum atomic E-state index is -0.359. The molecule has 0 unspecified atom stereocenters. The van der Waals surface area contributed by atoms with Gasteiger partial charge in [0.1, 0.15) is 16.2 Å². The predicted octanol–water partition coefficient (Wildman–Crippen LogP) is 2.85. The molecule has 0 bridgehead atoms. The number of nitrogens with zero attached hydrogens (tertiary/aromatic N) is 3. The van der Waals surface area contributed by atoms with Crippen LogP contribution in [0.4, 0.5) is 0 Å². The Balaban J connectivity index is 2.17. The van der Waals surface area contributed by atoms with Crippen molar-refractivity contribution in [2.24, 2.45) is 0 Å². The number of methoxy groups -OCH3 is 1. The third-order valence-corrected chi connectivity index (χ3v) is 4.91. The zero-order valence-electron chi connectivity index (χ0n) is 9.83. The summed E-state index contributed by atoms with van der Waals surface area (Å²) in [6, 6.07) is 5.78. The fourth-order valence-electron chi connectivity index (χ4n) is 1.77. The first-order chi connectivity index (χ1) is 9.22. The Morgan fingerprint density at radius 2 is 2.32 bits per heavy atom. The number of carbonyl (C=O) groups excluding carboxylic acids is 1. The van der Waals surface area contributed by atoms with E-state index in [0.29, 0.717) is 4.88 Å². The maximum absolute atomic E-state index is 11.6. The number of halogens is 1. The zero-order valence-corrected chi connectivity index (χ0v) is 12.8. The highest BCUT2D eigenvalue weighted by atomic mass is 127. The van der Waals surface area contributed by atoms with Gasteiger partial charge in [-0.2, -0.15) is 4.37 Å². The summed E-state index contributed by atoms with van der Waals surface area (Å²) in [6.45, 7) is 0. The van der Waals surface area contributed by atoms with Crippen LogP contribution in [0.2, 0.25) is 0 Å². The Bertz CT molecular complexity index is 765. The van der Waals surface area contributed by atoms with Crippen LogP contribution in [-0.2, 0) is 4.74 Å². The Kier molecular flexibility index (Phi) is 3.23. The van der Waals surface area contributed by atoms with E-state index >= 15 is 0 Å². The van der Waals surface area contributed by atoms with Crippen molar-refractivity contribution in [3.63, 3.8) is 0 Å². The Morgan fingerprint density at radius 3 is 3.11 bits per heavy atom. The van der Waals surface area contributed by atoms with Crippen LogP contribution in [0.15, 0.2) is 30.6 Å². The lowest BCUT2D eigenvalue weighted by molar-refractivity contribution is 0.0605. The first-order valence-electron chi connectivity index (χ1n) is 5.38. The summed E-state index contributed by atoms with van der Waals surface area (Å²) in [5.41, 5.74) is 2.47. The number of carbonyl (C=O) groups is 1. The molecule has 0 radical (unpaired) electrons. The lowest BCUT2D eigenvalue weighted by Crippen LogP contribution is -2.00. The number of fused-ring (bicyclic) bond motifs is 1. The number of esters is 1. The summed E-state index contributed by atoms with van der Waals surface area (Å²) in [5, 5.41) is 0. The first kappa shape index (κ1) is 12.5. The highest BCUT2D eigenvalue weighted by Crippen LogP contribution is 2.30. The maximum atomic E-state index is 11.6. The minimum absolute atomic E-state index is 0.359. The fourth-order valence-corrected chi connectivity index (χ4v) is 3.54. The summed E-state index contributed by atoms with van der Waals surface area (Å²) < 4.78 is 11.8. The number of hydrogen-bond donors (Lipinski definition) is 0. The molecule has 0 saturated heterocycles. The molecule has 0 amide bonds. The van der Waals surface area contributed by atoms with Crippen molar-refractivity contribution >= 4 is 45.7 Å². The van der Waals surface area contributed by atoms with Gasteiger partial charge in [0.25, 0.3) is 0 Å². The monoisotopic (exact) mass is 385 g/mol. The van der Waals surface area contributed by atoms with Crippen molar-refractivity contribution in [2.75, 3.05) is 7.11 Å². The van der Waals surface area contributed by atoms with E-state index in [9.17, 15) is 4.79 Å². The van der Waals surface area contributed by atoms with E-state index in [2.05, 4.69) is 31.9 Å². The fraction of sp³-hybridized carbons (Fsp3) is 0.0833. The smallest absolute Gasteiger partial charge is 0.350 e. The van der Waals surface area contributed by atoms with E-state index in [1.165, 1.54) is 7.11 Å². The van der Waals surface area contributed by atoms with Gasteiger partial charge in [-0.3, -0.25) is 4.40 Å². The summed E-state index contributed by atoms with van der Waals surface area (Å²) in [5.74, 6) is -0.359. The average Bonchev–Trinajstić information content (AvgIpc) is 3.01. The number of ether oxygens (including phenoxy) is 1. The van der Waals surface area contributed by atoms with Crippen LogP contribution in [-0.4, -0.2) is 26.8 Å². The topological polar surface area (TPSA) is 56.5 Å². The van der Waals surface area contributed by atoms with Crippen LogP contribution < -0.4 is 0 Å². The molecule has 3 heterocycles. The van der Waals surface area contributed by atoms with Crippen molar-refractivity contribution in [2.45, 2.75) is 0 Å². The van der Waals surface area contributed by atoms with Gasteiger partial charge in [-0.25, -0.2) is 9.78 Å². The normalized spacial score (nSPS) is 10.8. The van der Waals surface area contributed by atoms with Gasteiger partial charge >= 0.3 is 5.97 Å². The predicted molar refractivity (Wildman–Crippen MR) is 80.4 cm³/mol. The molecule has 0 N–H and O–H groups in total. The van der Waals surface area contributed by atoms with Crippen LogP contribution >= 0.6 is 34.1 Å². The van der Waals surface area contributed by atoms with E-state index in [0.717, 1.165) is 32.1 Å². The second kappa shape index (κ2) is 4.89. The van der Waals surface area contributed by atoms with E-state index in [1.807, 2.05) is 28.8 Å². The number of pyridine rings is 1. The Labute approximate surface area is 126 Å². The molecule has 0 aliphatic rings. The summed E-state index contributed by atoms with van der Waals surface area (Å²) in [6.07, 6.45) is 3.68. The molecule has 96 valence electrons. The van der Waals surface area contributed by atoms with Gasteiger partial charge in [0.05, 0.1) is 22.6 Å². The van der Waals surface area contributed by atoms with Crippen LogP contribution in [0.3, 0.4) is 0 Å². The third kappa shape index (κ3) is 2.02. The summed E-state index contributed by atoms with van der Waals surface area (Å²) in [4.78, 5) is 16.4. The van der Waals surface area contributed by atoms with Crippen LogP contribution in [0.25, 0.3) is 17.0 Å². The standard InChI is InChI=1S/C12H8IN3O2S/c1-18-12(17)11-9(13)10(15-19-11)7-6-14-8-4-2-3-5-16(7)8/h2-6H,1H3. The molecule has 0 aliphatic heterocycles. The second-order valence-electron chi connectivity index (χ2n) is 3.74. The Morgan fingerprint density at radius 1 is 1.47 bits per heavy atom. The van der Waals surface area contributed by atoms with Gasteiger partial charge in [-0.15, -0.1) is 0 Å². The molecule has 3 rings (SSSR count). The molecule has 5 nitrogen and oxygen atoms in total. The highest BCUT2D eigenvalue weighted by molar-refractivity contribution is 14.1.